The summed E-state index contributed by atoms with van der Waals surface area (Å²) >= 11 is -0.121. The van der Waals surface area contributed by atoms with E-state index in [0.717, 1.165) is 5.75 Å². The molecule has 0 saturated carbocycles. The van der Waals surface area contributed by atoms with Gasteiger partial charge in [0, 0.05) is 11.1 Å². The summed E-state index contributed by atoms with van der Waals surface area (Å²) in [5.74, 6) is 1.56. The van der Waals surface area contributed by atoms with Crippen LogP contribution in [0.5, 0.6) is 5.75 Å². The van der Waals surface area contributed by atoms with E-state index < -0.39 is 0 Å². The number of halogens is 1. The van der Waals surface area contributed by atoms with Crippen LogP contribution in [0.3, 0.4) is 0 Å². The van der Waals surface area contributed by atoms with Crippen LogP contribution in [0.25, 0.3) is 0 Å². The topological polar surface area (TPSA) is 9.23 Å². The maximum atomic E-state index is 5.34. The standard InChI is InChI=1S/C18H22IO/c1-12(2)15-6-8-16(9-7-15)19-18-13(3)10-17(20-5)11-14(18)4/h6-12H,1-5H3/q+1. The van der Waals surface area contributed by atoms with E-state index in [2.05, 4.69) is 64.1 Å². The van der Waals surface area contributed by atoms with E-state index in [1.807, 2.05) is 0 Å². The van der Waals surface area contributed by atoms with Crippen molar-refractivity contribution in [3.05, 3.63) is 60.2 Å². The molecule has 0 N–H and O–H groups in total. The predicted octanol–water partition coefficient (Wildman–Crippen LogP) is 1.56. The number of benzene rings is 2. The number of rotatable bonds is 4. The van der Waals surface area contributed by atoms with Crippen molar-refractivity contribution in [2.24, 2.45) is 0 Å². The van der Waals surface area contributed by atoms with Crippen molar-refractivity contribution in [2.45, 2.75) is 33.6 Å². The van der Waals surface area contributed by atoms with Gasteiger partial charge in [0.25, 0.3) is 0 Å². The molecule has 0 fully saturated rings. The minimum absolute atomic E-state index is 0.121. The third kappa shape index (κ3) is 3.54. The fourth-order valence-electron chi connectivity index (χ4n) is 2.19. The Hall–Kier alpha value is -1.03. The first-order chi connectivity index (χ1) is 9.51. The van der Waals surface area contributed by atoms with E-state index >= 15 is 0 Å². The molecule has 2 rings (SSSR count). The molecule has 0 bridgehead atoms. The van der Waals surface area contributed by atoms with Crippen LogP contribution in [0.4, 0.5) is 0 Å². The summed E-state index contributed by atoms with van der Waals surface area (Å²) in [6.07, 6.45) is 0. The van der Waals surface area contributed by atoms with Crippen molar-refractivity contribution in [3.63, 3.8) is 0 Å². The average Bonchev–Trinajstić information content (AvgIpc) is 2.43. The summed E-state index contributed by atoms with van der Waals surface area (Å²) in [5, 5.41) is 0. The van der Waals surface area contributed by atoms with Crippen molar-refractivity contribution in [3.8, 4) is 5.75 Å². The maximum absolute atomic E-state index is 5.34. The van der Waals surface area contributed by atoms with E-state index in [0.29, 0.717) is 5.92 Å². The molecule has 0 saturated heterocycles. The predicted molar refractivity (Wildman–Crippen MR) is 80.4 cm³/mol. The van der Waals surface area contributed by atoms with Crippen molar-refractivity contribution in [1.29, 1.82) is 0 Å². The maximum Gasteiger partial charge on any atom is 0.358 e. The first-order valence-electron chi connectivity index (χ1n) is 6.91. The van der Waals surface area contributed by atoms with E-state index in [1.54, 1.807) is 7.11 Å². The molecule has 1 nitrogen and oxygen atoms in total. The largest absolute Gasteiger partial charge is 0.497 e. The lowest BCUT2D eigenvalue weighted by atomic mass is 10.0. The van der Waals surface area contributed by atoms with E-state index in [1.165, 1.54) is 23.8 Å². The SMILES string of the molecule is COc1cc(C)c([I+]c2ccc(C(C)C)cc2)c(C)c1. The Morgan fingerprint density at radius 1 is 0.950 bits per heavy atom. The van der Waals surface area contributed by atoms with Gasteiger partial charge in [-0.2, -0.15) is 0 Å². The molecule has 106 valence electrons. The summed E-state index contributed by atoms with van der Waals surface area (Å²) in [7, 11) is 1.73. The third-order valence-corrected chi connectivity index (χ3v) is 6.97. The van der Waals surface area contributed by atoms with Gasteiger partial charge in [-0.05, 0) is 49.6 Å². The minimum atomic E-state index is -0.121. The van der Waals surface area contributed by atoms with Gasteiger partial charge >= 0.3 is 21.2 Å². The van der Waals surface area contributed by atoms with Crippen LogP contribution in [0.1, 0.15) is 36.5 Å². The molecule has 0 atom stereocenters. The Bertz CT molecular complexity index is 562. The van der Waals surface area contributed by atoms with Crippen LogP contribution in [0.2, 0.25) is 0 Å². The van der Waals surface area contributed by atoms with Gasteiger partial charge in [-0.15, -0.1) is 0 Å². The lowest BCUT2D eigenvalue weighted by molar-refractivity contribution is -0.598. The second-order valence-electron chi connectivity index (χ2n) is 5.38. The second-order valence-corrected chi connectivity index (χ2v) is 8.24. The molecular formula is C18H22IO+. The van der Waals surface area contributed by atoms with Crippen LogP contribution in [-0.2, 0) is 0 Å². The first-order valence-corrected chi connectivity index (χ1v) is 9.07. The lowest BCUT2D eigenvalue weighted by Crippen LogP contribution is -3.62. The normalized spacial score (nSPS) is 10.9. The third-order valence-electron chi connectivity index (χ3n) is 3.39. The molecule has 0 aromatic heterocycles. The molecule has 0 aliphatic rings. The van der Waals surface area contributed by atoms with Gasteiger partial charge in [-0.25, -0.2) is 0 Å². The molecule has 0 spiro atoms. The van der Waals surface area contributed by atoms with Crippen molar-refractivity contribution in [1.82, 2.24) is 0 Å². The van der Waals surface area contributed by atoms with Gasteiger partial charge in [-0.3, -0.25) is 0 Å². The zero-order chi connectivity index (χ0) is 14.7. The van der Waals surface area contributed by atoms with Gasteiger partial charge in [0.15, 0.2) is 7.14 Å². The van der Waals surface area contributed by atoms with Gasteiger partial charge in [-0.1, -0.05) is 26.0 Å². The van der Waals surface area contributed by atoms with Gasteiger partial charge in [0.05, 0.1) is 7.11 Å². The summed E-state index contributed by atoms with van der Waals surface area (Å²) < 4.78 is 8.33. The van der Waals surface area contributed by atoms with Crippen molar-refractivity contribution < 1.29 is 25.9 Å². The van der Waals surface area contributed by atoms with Gasteiger partial charge in [0.1, 0.15) is 5.75 Å². The van der Waals surface area contributed by atoms with E-state index in [4.69, 9.17) is 4.74 Å². The van der Waals surface area contributed by atoms with Crippen LogP contribution >= 0.6 is 0 Å². The fraction of sp³-hybridized carbons (Fsp3) is 0.333. The quantitative estimate of drug-likeness (QED) is 0.731. The van der Waals surface area contributed by atoms with Crippen LogP contribution in [0, 0.1) is 21.0 Å². The Balaban J connectivity index is 2.26. The number of hydrogen-bond acceptors (Lipinski definition) is 1. The first kappa shape index (κ1) is 15.4. The molecule has 0 aliphatic carbocycles. The molecule has 0 radical (unpaired) electrons. The van der Waals surface area contributed by atoms with Crippen LogP contribution in [0.15, 0.2) is 36.4 Å². The number of hydrogen-bond donors (Lipinski definition) is 0. The van der Waals surface area contributed by atoms with Gasteiger partial charge in [0.2, 0.25) is 0 Å². The summed E-state index contributed by atoms with van der Waals surface area (Å²) in [6, 6.07) is 13.4. The molecule has 0 unspecified atom stereocenters. The van der Waals surface area contributed by atoms with Crippen molar-refractivity contribution in [2.75, 3.05) is 7.11 Å². The highest BCUT2D eigenvalue weighted by Crippen LogP contribution is 2.16. The molecule has 2 aromatic rings. The highest BCUT2D eigenvalue weighted by atomic mass is 127. The summed E-state index contributed by atoms with van der Waals surface area (Å²) in [5.41, 5.74) is 4.12. The second kappa shape index (κ2) is 6.61. The Labute approximate surface area is 132 Å². The summed E-state index contributed by atoms with van der Waals surface area (Å²) in [4.78, 5) is 0. The molecule has 2 heteroatoms. The number of methoxy groups -OCH3 is 1. The molecule has 0 amide bonds. The molecule has 2 aromatic carbocycles. The van der Waals surface area contributed by atoms with E-state index in [-0.39, 0.29) is 21.2 Å². The number of ether oxygens (including phenoxy) is 1. The van der Waals surface area contributed by atoms with Crippen molar-refractivity contribution >= 4 is 0 Å². The monoisotopic (exact) mass is 381 g/mol. The highest BCUT2D eigenvalue weighted by Gasteiger charge is 2.22. The Morgan fingerprint density at radius 3 is 1.95 bits per heavy atom. The smallest absolute Gasteiger partial charge is 0.358 e. The Kier molecular flexibility index (Phi) is 5.08. The zero-order valence-electron chi connectivity index (χ0n) is 12.8. The van der Waals surface area contributed by atoms with Crippen LogP contribution < -0.4 is 25.9 Å². The van der Waals surface area contributed by atoms with Gasteiger partial charge < -0.3 is 4.74 Å². The Morgan fingerprint density at radius 2 is 1.50 bits per heavy atom. The minimum Gasteiger partial charge on any atom is -0.497 e. The zero-order valence-corrected chi connectivity index (χ0v) is 15.0. The number of aryl methyl sites for hydroxylation is 2. The van der Waals surface area contributed by atoms with E-state index in [9.17, 15) is 0 Å². The average molecular weight is 381 g/mol. The highest BCUT2D eigenvalue weighted by molar-refractivity contribution is 5.32. The molecule has 20 heavy (non-hydrogen) atoms. The molecule has 0 heterocycles. The summed E-state index contributed by atoms with van der Waals surface area (Å²) in [6.45, 7) is 8.85. The molecule has 0 aliphatic heterocycles. The van der Waals surface area contributed by atoms with Crippen LogP contribution in [-0.4, -0.2) is 7.11 Å². The lowest BCUT2D eigenvalue weighted by Gasteiger charge is -2.05. The fourth-order valence-corrected chi connectivity index (χ4v) is 4.70. The molecular weight excluding hydrogens is 359 g/mol.